The Morgan fingerprint density at radius 2 is 0.872 bits per heavy atom. The zero-order chi connectivity index (χ0) is 27.1. The van der Waals surface area contributed by atoms with Crippen LogP contribution in [0.4, 0.5) is 0 Å². The summed E-state index contributed by atoms with van der Waals surface area (Å²) < 4.78 is 46.8. The first-order valence-electron chi connectivity index (χ1n) is 12.5. The molecule has 4 aromatic carbocycles. The lowest BCUT2D eigenvalue weighted by Gasteiger charge is -2.21. The first-order chi connectivity index (χ1) is 18.8. The van der Waals surface area contributed by atoms with Crippen molar-refractivity contribution in [2.24, 2.45) is 0 Å². The summed E-state index contributed by atoms with van der Waals surface area (Å²) in [5, 5.41) is -2.61. The molecule has 0 saturated heterocycles. The highest BCUT2D eigenvalue weighted by atomic mass is 32.2. The van der Waals surface area contributed by atoms with Crippen LogP contribution in [0.2, 0.25) is 0 Å². The number of hydrogen-bond donors (Lipinski definition) is 0. The third kappa shape index (κ3) is 4.41. The van der Waals surface area contributed by atoms with E-state index in [1.54, 1.807) is 0 Å². The van der Waals surface area contributed by atoms with Gasteiger partial charge in [0.15, 0.2) is 0 Å². The van der Waals surface area contributed by atoms with Crippen molar-refractivity contribution in [3.05, 3.63) is 119 Å². The van der Waals surface area contributed by atoms with Gasteiger partial charge in [0, 0.05) is 11.8 Å². The maximum Gasteiger partial charge on any atom is 0.334 e. The van der Waals surface area contributed by atoms with Crippen molar-refractivity contribution >= 4 is 22.1 Å². The second-order valence-corrected chi connectivity index (χ2v) is 11.0. The Bertz CT molecular complexity index is 1510. The maximum absolute atomic E-state index is 12.9. The Kier molecular flexibility index (Phi) is 6.29. The van der Waals surface area contributed by atoms with Crippen molar-refractivity contribution in [2.75, 3.05) is 13.2 Å². The average Bonchev–Trinajstić information content (AvgIpc) is 3.43. The summed E-state index contributed by atoms with van der Waals surface area (Å²) in [4.78, 5) is 25.8. The van der Waals surface area contributed by atoms with Crippen LogP contribution in [0.3, 0.4) is 0 Å². The molecule has 0 N–H and O–H groups in total. The number of hydrogen-bond acceptors (Lipinski definition) is 7. The molecule has 2 aliphatic carbocycles. The lowest BCUT2D eigenvalue weighted by atomic mass is 9.98. The molecule has 0 amide bonds. The van der Waals surface area contributed by atoms with Crippen LogP contribution in [-0.2, 0) is 29.2 Å². The van der Waals surface area contributed by atoms with Crippen molar-refractivity contribution in [2.45, 2.75) is 17.1 Å². The zero-order valence-corrected chi connectivity index (χ0v) is 21.5. The summed E-state index contributed by atoms with van der Waals surface area (Å²) in [7, 11) is -5.40. The molecule has 39 heavy (non-hydrogen) atoms. The third-order valence-corrected chi connectivity index (χ3v) is 8.39. The standard InChI is InChI=1S/C31H24O7S/c32-30(37-17-27-23-13-5-1-9-19(23)20-10-2-6-14-24(20)27)29(39(34,35)36)31(33)38-18-28-25-15-7-3-11-21(25)22-12-4-8-16-26(22)28/h1-16,27-29H,17-18H2,(H,34,35,36)/p-1. The maximum atomic E-state index is 12.9. The van der Waals surface area contributed by atoms with Crippen LogP contribution in [0, 0.1) is 0 Å². The summed E-state index contributed by atoms with van der Waals surface area (Å²) in [5.41, 5.74) is 7.58. The van der Waals surface area contributed by atoms with Gasteiger partial charge in [-0.1, -0.05) is 97.1 Å². The zero-order valence-electron chi connectivity index (χ0n) is 20.6. The molecule has 0 radical (unpaired) electrons. The topological polar surface area (TPSA) is 110 Å². The van der Waals surface area contributed by atoms with E-state index in [-0.39, 0.29) is 25.0 Å². The van der Waals surface area contributed by atoms with E-state index in [4.69, 9.17) is 9.47 Å². The van der Waals surface area contributed by atoms with E-state index in [0.717, 1.165) is 44.5 Å². The predicted octanol–water partition coefficient (Wildman–Crippen LogP) is 4.61. The monoisotopic (exact) mass is 539 g/mol. The van der Waals surface area contributed by atoms with Crippen LogP contribution in [0.15, 0.2) is 97.1 Å². The Balaban J connectivity index is 1.19. The number of carbonyl (C=O) groups is 2. The number of fused-ring (bicyclic) bond motifs is 6. The number of carbonyl (C=O) groups excluding carboxylic acids is 2. The van der Waals surface area contributed by atoms with E-state index < -0.39 is 27.3 Å². The Morgan fingerprint density at radius 3 is 1.15 bits per heavy atom. The molecule has 0 unspecified atom stereocenters. The quantitative estimate of drug-likeness (QED) is 0.192. The second kappa shape index (κ2) is 9.80. The molecule has 0 saturated carbocycles. The van der Waals surface area contributed by atoms with Crippen molar-refractivity contribution in [1.82, 2.24) is 0 Å². The highest BCUT2D eigenvalue weighted by molar-refractivity contribution is 7.88. The van der Waals surface area contributed by atoms with Crippen LogP contribution in [0.1, 0.15) is 34.1 Å². The Labute approximate surface area is 225 Å². The minimum absolute atomic E-state index is 0.227. The average molecular weight is 540 g/mol. The van der Waals surface area contributed by atoms with E-state index in [9.17, 15) is 22.6 Å². The van der Waals surface area contributed by atoms with Gasteiger partial charge in [-0.3, -0.25) is 9.59 Å². The third-order valence-electron chi connectivity index (χ3n) is 7.43. The van der Waals surface area contributed by atoms with Crippen molar-refractivity contribution < 1.29 is 32.0 Å². The van der Waals surface area contributed by atoms with Gasteiger partial charge in [-0.2, -0.15) is 0 Å². The summed E-state index contributed by atoms with van der Waals surface area (Å²) in [6.07, 6.45) is 0. The van der Waals surface area contributed by atoms with Gasteiger partial charge in [0.25, 0.3) is 0 Å². The highest BCUT2D eigenvalue weighted by Crippen LogP contribution is 2.45. The highest BCUT2D eigenvalue weighted by Gasteiger charge is 2.39. The number of benzene rings is 4. The van der Waals surface area contributed by atoms with Gasteiger partial charge in [0.2, 0.25) is 5.25 Å². The molecule has 196 valence electrons. The molecular formula is C31H23O7S-. The fourth-order valence-corrected chi connectivity index (χ4v) is 6.30. The van der Waals surface area contributed by atoms with E-state index >= 15 is 0 Å². The fourth-order valence-electron chi connectivity index (χ4n) is 5.69. The molecule has 8 heteroatoms. The lowest BCUT2D eigenvalue weighted by Crippen LogP contribution is -2.41. The van der Waals surface area contributed by atoms with Gasteiger partial charge in [-0.05, 0) is 44.5 Å². The van der Waals surface area contributed by atoms with Gasteiger partial charge in [0.05, 0.1) is 0 Å². The summed E-state index contributed by atoms with van der Waals surface area (Å²) in [6.45, 7) is -0.453. The van der Waals surface area contributed by atoms with E-state index in [1.165, 1.54) is 0 Å². The summed E-state index contributed by atoms with van der Waals surface area (Å²) in [6, 6.07) is 30.5. The molecule has 0 heterocycles. The first-order valence-corrected chi connectivity index (χ1v) is 14.0. The van der Waals surface area contributed by atoms with Crippen LogP contribution in [-0.4, -0.2) is 43.4 Å². The largest absolute Gasteiger partial charge is 0.747 e. The van der Waals surface area contributed by atoms with Gasteiger partial charge in [-0.15, -0.1) is 0 Å². The molecule has 0 bridgehead atoms. The molecule has 0 aromatic heterocycles. The van der Waals surface area contributed by atoms with E-state index in [2.05, 4.69) is 0 Å². The van der Waals surface area contributed by atoms with Crippen LogP contribution >= 0.6 is 0 Å². The summed E-state index contributed by atoms with van der Waals surface area (Å²) in [5.74, 6) is -3.61. The lowest BCUT2D eigenvalue weighted by molar-refractivity contribution is -0.154. The minimum atomic E-state index is -5.40. The molecule has 6 rings (SSSR count). The summed E-state index contributed by atoms with van der Waals surface area (Å²) >= 11 is 0. The van der Waals surface area contributed by atoms with Crippen LogP contribution < -0.4 is 0 Å². The van der Waals surface area contributed by atoms with Crippen LogP contribution in [0.5, 0.6) is 0 Å². The smallest absolute Gasteiger partial charge is 0.334 e. The predicted molar refractivity (Wildman–Crippen MR) is 143 cm³/mol. The van der Waals surface area contributed by atoms with Crippen molar-refractivity contribution in [1.29, 1.82) is 0 Å². The Morgan fingerprint density at radius 1 is 0.590 bits per heavy atom. The normalized spacial score (nSPS) is 13.9. The molecule has 0 spiro atoms. The molecule has 0 atom stereocenters. The van der Waals surface area contributed by atoms with Gasteiger partial charge >= 0.3 is 11.9 Å². The molecule has 0 fully saturated rings. The molecule has 7 nitrogen and oxygen atoms in total. The molecular weight excluding hydrogens is 516 g/mol. The molecule has 4 aromatic rings. The number of rotatable bonds is 7. The molecule has 2 aliphatic rings. The van der Waals surface area contributed by atoms with Gasteiger partial charge in [-0.25, -0.2) is 8.42 Å². The van der Waals surface area contributed by atoms with Gasteiger partial charge < -0.3 is 14.0 Å². The van der Waals surface area contributed by atoms with E-state index in [1.807, 2.05) is 97.1 Å². The van der Waals surface area contributed by atoms with Crippen LogP contribution in [0.25, 0.3) is 22.3 Å². The second-order valence-electron chi connectivity index (χ2n) is 9.59. The SMILES string of the molecule is O=C(OCC1c2ccccc2-c2ccccc21)C(C(=O)OCC1c2ccccc2-c2ccccc21)S(=O)(=O)[O-]. The number of esters is 2. The van der Waals surface area contributed by atoms with Crippen molar-refractivity contribution in [3.63, 3.8) is 0 Å². The molecule has 0 aliphatic heterocycles. The minimum Gasteiger partial charge on any atom is -0.747 e. The van der Waals surface area contributed by atoms with E-state index in [0.29, 0.717) is 0 Å². The van der Waals surface area contributed by atoms with Crippen molar-refractivity contribution in [3.8, 4) is 22.3 Å². The number of ether oxygens (including phenoxy) is 2. The Hall–Kier alpha value is -4.27. The fraction of sp³-hybridized carbons (Fsp3) is 0.161. The van der Waals surface area contributed by atoms with Gasteiger partial charge in [0.1, 0.15) is 23.3 Å². The first kappa shape index (κ1) is 25.0.